The van der Waals surface area contributed by atoms with Crippen molar-refractivity contribution in [2.45, 2.75) is 13.3 Å². The van der Waals surface area contributed by atoms with Crippen molar-refractivity contribution in [3.63, 3.8) is 0 Å². The van der Waals surface area contributed by atoms with Gasteiger partial charge in [0, 0.05) is 29.2 Å². The van der Waals surface area contributed by atoms with Crippen LogP contribution >= 0.6 is 11.6 Å². The van der Waals surface area contributed by atoms with Gasteiger partial charge in [-0.3, -0.25) is 0 Å². The average molecular weight is 356 g/mol. The molecule has 2 N–H and O–H groups in total. The molecule has 0 spiro atoms. The largest absolute Gasteiger partial charge is 0.441 e. The zero-order chi connectivity index (χ0) is 17.6. The van der Waals surface area contributed by atoms with E-state index in [1.807, 2.05) is 37.3 Å². The Labute approximate surface area is 151 Å². The van der Waals surface area contributed by atoms with Gasteiger partial charge in [0.15, 0.2) is 0 Å². The van der Waals surface area contributed by atoms with Gasteiger partial charge in [-0.2, -0.15) is 0 Å². The summed E-state index contributed by atoms with van der Waals surface area (Å²) < 4.78 is 5.71. The number of rotatable bonds is 5. The molecule has 2 amide bonds. The predicted octanol–water partition coefficient (Wildman–Crippen LogP) is 4.67. The highest BCUT2D eigenvalue weighted by molar-refractivity contribution is 6.30. The maximum atomic E-state index is 11.9. The van der Waals surface area contributed by atoms with Gasteiger partial charge in [0.05, 0.1) is 5.69 Å². The van der Waals surface area contributed by atoms with Gasteiger partial charge in [0.2, 0.25) is 5.89 Å². The highest BCUT2D eigenvalue weighted by atomic mass is 35.5. The van der Waals surface area contributed by atoms with E-state index in [0.717, 1.165) is 17.0 Å². The van der Waals surface area contributed by atoms with Gasteiger partial charge in [-0.15, -0.1) is 0 Å². The third-order valence-electron chi connectivity index (χ3n) is 3.66. The molecule has 128 valence electrons. The summed E-state index contributed by atoms with van der Waals surface area (Å²) in [5.74, 6) is 1.36. The SMILES string of the molecule is Cc1oc(-c2ccccc2)nc1CCNC(=O)Nc1ccc(Cl)cc1. The lowest BCUT2D eigenvalue weighted by molar-refractivity contribution is 0.252. The number of nitrogens with one attached hydrogen (secondary N) is 2. The van der Waals surface area contributed by atoms with Gasteiger partial charge in [-0.1, -0.05) is 29.8 Å². The summed E-state index contributed by atoms with van der Waals surface area (Å²) >= 11 is 5.82. The first-order valence-electron chi connectivity index (χ1n) is 7.94. The van der Waals surface area contributed by atoms with Crippen molar-refractivity contribution in [1.29, 1.82) is 0 Å². The molecule has 5 nitrogen and oxygen atoms in total. The molecule has 0 fully saturated rings. The highest BCUT2D eigenvalue weighted by Gasteiger charge is 2.11. The van der Waals surface area contributed by atoms with Crippen molar-refractivity contribution in [3.8, 4) is 11.5 Å². The molecule has 6 heteroatoms. The number of aromatic nitrogens is 1. The molecule has 0 bridgehead atoms. The summed E-state index contributed by atoms with van der Waals surface area (Å²) in [5, 5.41) is 6.18. The van der Waals surface area contributed by atoms with E-state index in [4.69, 9.17) is 16.0 Å². The second kappa shape index (κ2) is 7.85. The molecule has 2 aromatic carbocycles. The smallest absolute Gasteiger partial charge is 0.319 e. The molecule has 0 radical (unpaired) electrons. The van der Waals surface area contributed by atoms with E-state index in [9.17, 15) is 4.79 Å². The Morgan fingerprint density at radius 2 is 1.84 bits per heavy atom. The minimum absolute atomic E-state index is 0.272. The first-order valence-corrected chi connectivity index (χ1v) is 8.32. The van der Waals surface area contributed by atoms with Crippen molar-refractivity contribution >= 4 is 23.3 Å². The van der Waals surface area contributed by atoms with Crippen LogP contribution in [0.5, 0.6) is 0 Å². The zero-order valence-corrected chi connectivity index (χ0v) is 14.5. The first kappa shape index (κ1) is 17.0. The van der Waals surface area contributed by atoms with E-state index < -0.39 is 0 Å². The maximum Gasteiger partial charge on any atom is 0.319 e. The average Bonchev–Trinajstić information content (AvgIpc) is 2.99. The fourth-order valence-corrected chi connectivity index (χ4v) is 2.49. The molecule has 0 saturated carbocycles. The normalized spacial score (nSPS) is 10.5. The molecule has 25 heavy (non-hydrogen) atoms. The summed E-state index contributed by atoms with van der Waals surface area (Å²) in [5.41, 5.74) is 2.46. The van der Waals surface area contributed by atoms with Crippen LogP contribution in [0.3, 0.4) is 0 Å². The number of halogens is 1. The molecular weight excluding hydrogens is 338 g/mol. The van der Waals surface area contributed by atoms with Crippen LogP contribution in [0.25, 0.3) is 11.5 Å². The summed E-state index contributed by atoms with van der Waals surface area (Å²) in [6.07, 6.45) is 0.593. The number of amides is 2. The van der Waals surface area contributed by atoms with Crippen LogP contribution in [-0.4, -0.2) is 17.6 Å². The summed E-state index contributed by atoms with van der Waals surface area (Å²) in [6.45, 7) is 2.34. The predicted molar refractivity (Wildman–Crippen MR) is 98.9 cm³/mol. The lowest BCUT2D eigenvalue weighted by Gasteiger charge is -2.07. The fraction of sp³-hybridized carbons (Fsp3) is 0.158. The number of carbonyl (C=O) groups is 1. The second-order valence-corrected chi connectivity index (χ2v) is 5.96. The summed E-state index contributed by atoms with van der Waals surface area (Å²) in [6, 6.07) is 16.4. The molecule has 1 heterocycles. The van der Waals surface area contributed by atoms with Crippen LogP contribution < -0.4 is 10.6 Å². The van der Waals surface area contributed by atoms with E-state index in [-0.39, 0.29) is 6.03 Å². The molecule has 1 aromatic heterocycles. The van der Waals surface area contributed by atoms with Crippen LogP contribution in [0, 0.1) is 6.92 Å². The Morgan fingerprint density at radius 1 is 1.12 bits per heavy atom. The highest BCUT2D eigenvalue weighted by Crippen LogP contribution is 2.21. The Morgan fingerprint density at radius 3 is 2.56 bits per heavy atom. The van der Waals surface area contributed by atoms with Crippen molar-refractivity contribution in [3.05, 3.63) is 71.1 Å². The molecule has 0 saturated heterocycles. The number of aryl methyl sites for hydroxylation is 1. The quantitative estimate of drug-likeness (QED) is 0.699. The maximum absolute atomic E-state index is 11.9. The Hall–Kier alpha value is -2.79. The number of benzene rings is 2. The molecule has 3 rings (SSSR count). The minimum atomic E-state index is -0.272. The Bertz CT molecular complexity index is 845. The third-order valence-corrected chi connectivity index (χ3v) is 3.91. The van der Waals surface area contributed by atoms with Gasteiger partial charge >= 0.3 is 6.03 Å². The van der Waals surface area contributed by atoms with Gasteiger partial charge in [-0.05, 0) is 43.3 Å². The van der Waals surface area contributed by atoms with E-state index in [1.165, 1.54) is 0 Å². The minimum Gasteiger partial charge on any atom is -0.441 e. The van der Waals surface area contributed by atoms with E-state index in [0.29, 0.717) is 29.6 Å². The molecule has 0 atom stereocenters. The van der Waals surface area contributed by atoms with Crippen LogP contribution in [-0.2, 0) is 6.42 Å². The molecule has 0 aliphatic rings. The van der Waals surface area contributed by atoms with Crippen LogP contribution in [0.1, 0.15) is 11.5 Å². The molecule has 0 unspecified atom stereocenters. The topological polar surface area (TPSA) is 67.2 Å². The number of oxazole rings is 1. The molecule has 0 aliphatic carbocycles. The fourth-order valence-electron chi connectivity index (χ4n) is 2.37. The first-order chi connectivity index (χ1) is 12.1. The van der Waals surface area contributed by atoms with Gasteiger partial charge in [0.1, 0.15) is 5.76 Å². The van der Waals surface area contributed by atoms with Crippen molar-refractivity contribution in [2.75, 3.05) is 11.9 Å². The van der Waals surface area contributed by atoms with Gasteiger partial charge in [-0.25, -0.2) is 9.78 Å². The van der Waals surface area contributed by atoms with Crippen LogP contribution in [0.2, 0.25) is 5.02 Å². The number of anilines is 1. The molecular formula is C19H18ClN3O2. The second-order valence-electron chi connectivity index (χ2n) is 5.53. The summed E-state index contributed by atoms with van der Waals surface area (Å²) in [7, 11) is 0. The van der Waals surface area contributed by atoms with E-state index in [2.05, 4.69) is 15.6 Å². The van der Waals surface area contributed by atoms with Crippen molar-refractivity contribution < 1.29 is 9.21 Å². The van der Waals surface area contributed by atoms with E-state index >= 15 is 0 Å². The zero-order valence-electron chi connectivity index (χ0n) is 13.8. The van der Waals surface area contributed by atoms with Gasteiger partial charge < -0.3 is 15.1 Å². The Balaban J connectivity index is 1.53. The van der Waals surface area contributed by atoms with Crippen LogP contribution in [0.4, 0.5) is 10.5 Å². The van der Waals surface area contributed by atoms with E-state index in [1.54, 1.807) is 24.3 Å². The lowest BCUT2D eigenvalue weighted by Crippen LogP contribution is -2.30. The number of hydrogen-bond donors (Lipinski definition) is 2. The van der Waals surface area contributed by atoms with Crippen molar-refractivity contribution in [1.82, 2.24) is 10.3 Å². The number of nitrogens with zero attached hydrogens (tertiary/aromatic N) is 1. The molecule has 3 aromatic rings. The third kappa shape index (κ3) is 4.61. The number of urea groups is 1. The summed E-state index contributed by atoms with van der Waals surface area (Å²) in [4.78, 5) is 16.4. The van der Waals surface area contributed by atoms with Gasteiger partial charge in [0.25, 0.3) is 0 Å². The number of hydrogen-bond acceptors (Lipinski definition) is 3. The van der Waals surface area contributed by atoms with Crippen molar-refractivity contribution in [2.24, 2.45) is 0 Å². The Kier molecular flexibility index (Phi) is 5.36. The lowest BCUT2D eigenvalue weighted by atomic mass is 10.2. The monoisotopic (exact) mass is 355 g/mol. The van der Waals surface area contributed by atoms with Crippen LogP contribution in [0.15, 0.2) is 59.0 Å². The number of carbonyl (C=O) groups excluding carboxylic acids is 1. The standard InChI is InChI=1S/C19H18ClN3O2/c1-13-17(23-18(25-13)14-5-3-2-4-6-14)11-12-21-19(24)22-16-9-7-15(20)8-10-16/h2-10H,11-12H2,1H3,(H2,21,22,24). The molecule has 0 aliphatic heterocycles.